The van der Waals surface area contributed by atoms with Gasteiger partial charge >= 0.3 is 11.9 Å². The fourth-order valence-corrected chi connectivity index (χ4v) is 3.52. The molecule has 27 heavy (non-hydrogen) atoms. The van der Waals surface area contributed by atoms with Crippen molar-refractivity contribution < 1.29 is 24.2 Å². The van der Waals surface area contributed by atoms with Crippen LogP contribution >= 0.6 is 11.8 Å². The van der Waals surface area contributed by atoms with Crippen molar-refractivity contribution in [2.75, 3.05) is 19.0 Å². The summed E-state index contributed by atoms with van der Waals surface area (Å²) in [6, 6.07) is 6.86. The number of esters is 1. The standard InChI is InChI=1S/C19H24N2O5S/c1-4-25-14-9-7-6-8-13(14)17-16(18(24)26-5-2)12(3)20-19(21-17)27-11-10-15(22)23/h6-9,17H,4-5,10-11H2,1-3H3,(H,20,21)(H,22,23)/t17-/m1/s1. The number of aliphatic imine (C=N–C) groups is 1. The molecule has 0 spiro atoms. The minimum atomic E-state index is -0.864. The molecule has 1 atom stereocenters. The van der Waals surface area contributed by atoms with E-state index in [9.17, 15) is 9.59 Å². The molecule has 0 aromatic heterocycles. The summed E-state index contributed by atoms with van der Waals surface area (Å²) in [6.07, 6.45) is 0.0268. The normalized spacial score (nSPS) is 16.4. The van der Waals surface area contributed by atoms with Crippen molar-refractivity contribution in [1.29, 1.82) is 0 Å². The van der Waals surface area contributed by atoms with Crippen LogP contribution in [0.2, 0.25) is 0 Å². The van der Waals surface area contributed by atoms with Gasteiger partial charge in [0.2, 0.25) is 0 Å². The van der Waals surface area contributed by atoms with Crippen molar-refractivity contribution >= 4 is 28.9 Å². The largest absolute Gasteiger partial charge is 0.494 e. The number of para-hydroxylation sites is 1. The van der Waals surface area contributed by atoms with E-state index in [0.29, 0.717) is 34.5 Å². The number of benzene rings is 1. The molecule has 8 heteroatoms. The van der Waals surface area contributed by atoms with Crippen LogP contribution in [0.3, 0.4) is 0 Å². The molecule has 0 radical (unpaired) electrons. The van der Waals surface area contributed by atoms with Crippen LogP contribution in [0.15, 0.2) is 40.5 Å². The molecule has 0 aliphatic carbocycles. The highest BCUT2D eigenvalue weighted by Gasteiger charge is 2.32. The number of thioether (sulfide) groups is 1. The maximum Gasteiger partial charge on any atom is 0.338 e. The predicted molar refractivity (Wildman–Crippen MR) is 105 cm³/mol. The third-order valence-corrected chi connectivity index (χ3v) is 4.67. The monoisotopic (exact) mass is 392 g/mol. The number of nitrogens with zero attached hydrogens (tertiary/aromatic N) is 1. The Morgan fingerprint density at radius 3 is 2.67 bits per heavy atom. The third-order valence-electron chi connectivity index (χ3n) is 3.78. The number of aliphatic carboxylic acids is 1. The molecule has 146 valence electrons. The molecule has 1 aromatic carbocycles. The lowest BCUT2D eigenvalue weighted by Crippen LogP contribution is -2.31. The molecule has 2 rings (SSSR count). The summed E-state index contributed by atoms with van der Waals surface area (Å²) in [7, 11) is 0. The molecular weight excluding hydrogens is 368 g/mol. The summed E-state index contributed by atoms with van der Waals surface area (Å²) in [6.45, 7) is 6.18. The maximum atomic E-state index is 12.6. The van der Waals surface area contributed by atoms with Crippen molar-refractivity contribution in [1.82, 2.24) is 5.32 Å². The van der Waals surface area contributed by atoms with Gasteiger partial charge in [0.15, 0.2) is 5.17 Å². The van der Waals surface area contributed by atoms with E-state index in [0.717, 1.165) is 5.56 Å². The Hall–Kier alpha value is -2.48. The number of hydrogen-bond acceptors (Lipinski definition) is 7. The van der Waals surface area contributed by atoms with Gasteiger partial charge in [-0.3, -0.25) is 4.79 Å². The zero-order chi connectivity index (χ0) is 19.8. The lowest BCUT2D eigenvalue weighted by molar-refractivity contribution is -0.139. The molecule has 2 N–H and O–H groups in total. The van der Waals surface area contributed by atoms with Gasteiger partial charge in [-0.25, -0.2) is 9.79 Å². The van der Waals surface area contributed by atoms with Crippen molar-refractivity contribution in [3.05, 3.63) is 41.1 Å². The van der Waals surface area contributed by atoms with Crippen molar-refractivity contribution in [3.63, 3.8) is 0 Å². The van der Waals surface area contributed by atoms with Gasteiger partial charge in [0, 0.05) is 17.0 Å². The average molecular weight is 392 g/mol. The highest BCUT2D eigenvalue weighted by Crippen LogP contribution is 2.37. The van der Waals surface area contributed by atoms with Crippen LogP contribution in [0.4, 0.5) is 0 Å². The highest BCUT2D eigenvalue weighted by molar-refractivity contribution is 8.13. The Morgan fingerprint density at radius 1 is 1.26 bits per heavy atom. The van der Waals surface area contributed by atoms with Gasteiger partial charge in [-0.05, 0) is 26.8 Å². The van der Waals surface area contributed by atoms with E-state index in [1.165, 1.54) is 11.8 Å². The van der Waals surface area contributed by atoms with Crippen LogP contribution in [-0.4, -0.2) is 41.2 Å². The molecule has 0 unspecified atom stereocenters. The molecular formula is C19H24N2O5S. The van der Waals surface area contributed by atoms with Gasteiger partial charge in [-0.1, -0.05) is 30.0 Å². The number of hydrogen-bond donors (Lipinski definition) is 2. The molecule has 1 heterocycles. The topological polar surface area (TPSA) is 97.2 Å². The van der Waals surface area contributed by atoms with Crippen LogP contribution in [-0.2, 0) is 14.3 Å². The number of amidine groups is 1. The van der Waals surface area contributed by atoms with Gasteiger partial charge in [0.25, 0.3) is 0 Å². The van der Waals surface area contributed by atoms with Gasteiger partial charge in [0.05, 0.1) is 25.2 Å². The first-order valence-electron chi connectivity index (χ1n) is 8.76. The van der Waals surface area contributed by atoms with E-state index in [1.807, 2.05) is 31.2 Å². The number of allylic oxidation sites excluding steroid dienone is 1. The molecule has 0 saturated carbocycles. The molecule has 1 aliphatic rings. The summed E-state index contributed by atoms with van der Waals surface area (Å²) >= 11 is 1.31. The predicted octanol–water partition coefficient (Wildman–Crippen LogP) is 3.13. The maximum absolute atomic E-state index is 12.6. The fourth-order valence-electron chi connectivity index (χ4n) is 2.65. The van der Waals surface area contributed by atoms with Gasteiger partial charge in [-0.2, -0.15) is 0 Å². The van der Waals surface area contributed by atoms with Crippen LogP contribution in [0.1, 0.15) is 38.8 Å². The van der Waals surface area contributed by atoms with Gasteiger partial charge in [-0.15, -0.1) is 0 Å². The zero-order valence-electron chi connectivity index (χ0n) is 15.7. The fraction of sp³-hybridized carbons (Fsp3) is 0.421. The number of carboxylic acid groups (broad SMARTS) is 1. The molecule has 1 aromatic rings. The van der Waals surface area contributed by atoms with E-state index in [-0.39, 0.29) is 13.0 Å². The Bertz CT molecular complexity index is 760. The molecule has 0 amide bonds. The zero-order valence-corrected chi connectivity index (χ0v) is 16.5. The Labute approximate surface area is 162 Å². The third kappa shape index (κ3) is 5.50. The van der Waals surface area contributed by atoms with Crippen molar-refractivity contribution in [3.8, 4) is 5.75 Å². The highest BCUT2D eigenvalue weighted by atomic mass is 32.2. The van der Waals surface area contributed by atoms with Gasteiger partial charge in [0.1, 0.15) is 11.8 Å². The first kappa shape index (κ1) is 20.8. The Kier molecular flexibility index (Phi) is 7.72. The smallest absolute Gasteiger partial charge is 0.338 e. The number of ether oxygens (including phenoxy) is 2. The van der Waals surface area contributed by atoms with E-state index in [2.05, 4.69) is 10.3 Å². The van der Waals surface area contributed by atoms with Crippen molar-refractivity contribution in [2.24, 2.45) is 4.99 Å². The van der Waals surface area contributed by atoms with E-state index < -0.39 is 18.0 Å². The number of carboxylic acids is 1. The number of nitrogens with one attached hydrogen (secondary N) is 1. The van der Waals surface area contributed by atoms with Crippen molar-refractivity contribution in [2.45, 2.75) is 33.2 Å². The Morgan fingerprint density at radius 2 is 2.00 bits per heavy atom. The molecule has 0 saturated heterocycles. The molecule has 1 aliphatic heterocycles. The van der Waals surface area contributed by atoms with E-state index in [4.69, 9.17) is 14.6 Å². The quantitative estimate of drug-likeness (QED) is 0.656. The Balaban J connectivity index is 2.40. The van der Waals surface area contributed by atoms with Crippen LogP contribution < -0.4 is 10.1 Å². The summed E-state index contributed by atoms with van der Waals surface area (Å²) in [4.78, 5) is 28.0. The second-order valence-electron chi connectivity index (χ2n) is 5.68. The first-order valence-corrected chi connectivity index (χ1v) is 9.75. The summed E-state index contributed by atoms with van der Waals surface area (Å²) in [5, 5.41) is 12.5. The molecule has 7 nitrogen and oxygen atoms in total. The molecule has 0 fully saturated rings. The number of carbonyl (C=O) groups excluding carboxylic acids is 1. The lowest BCUT2D eigenvalue weighted by atomic mass is 9.96. The average Bonchev–Trinajstić information content (AvgIpc) is 2.62. The van der Waals surface area contributed by atoms with E-state index in [1.54, 1.807) is 13.8 Å². The molecule has 0 bridgehead atoms. The first-order chi connectivity index (χ1) is 13.0. The number of carbonyl (C=O) groups is 2. The summed E-state index contributed by atoms with van der Waals surface area (Å²) in [5.41, 5.74) is 1.82. The second kappa shape index (κ2) is 10.0. The lowest BCUT2D eigenvalue weighted by Gasteiger charge is -2.26. The minimum absolute atomic E-state index is 0.0268. The van der Waals surface area contributed by atoms with Crippen LogP contribution in [0, 0.1) is 0 Å². The SMILES string of the molecule is CCOC(=O)C1=C(C)NC(SCCC(=O)O)=N[C@@H]1c1ccccc1OCC. The van der Waals surface area contributed by atoms with E-state index >= 15 is 0 Å². The van der Waals surface area contributed by atoms with Crippen LogP contribution in [0.25, 0.3) is 0 Å². The van der Waals surface area contributed by atoms with Gasteiger partial charge < -0.3 is 19.9 Å². The van der Waals surface area contributed by atoms with Crippen LogP contribution in [0.5, 0.6) is 5.75 Å². The second-order valence-corrected chi connectivity index (χ2v) is 6.77. The minimum Gasteiger partial charge on any atom is -0.494 e. The summed E-state index contributed by atoms with van der Waals surface area (Å²) < 4.78 is 10.9. The number of rotatable bonds is 8. The summed E-state index contributed by atoms with van der Waals surface area (Å²) in [5.74, 6) is -0.267.